The lowest BCUT2D eigenvalue weighted by molar-refractivity contribution is -0.117. The molecule has 3 heterocycles. The summed E-state index contributed by atoms with van der Waals surface area (Å²) >= 11 is 0. The number of carbonyl (C=O) groups excluding carboxylic acids is 1. The second kappa shape index (κ2) is 12.4. The largest absolute Gasteiger partial charge is 0.463 e. The number of aromatic nitrogens is 2. The fourth-order valence-electron chi connectivity index (χ4n) is 4.65. The molecule has 7 nitrogen and oxygen atoms in total. The molecule has 1 aromatic rings. The summed E-state index contributed by atoms with van der Waals surface area (Å²) in [5, 5.41) is 0. The highest BCUT2D eigenvalue weighted by Gasteiger charge is 2.31. The van der Waals surface area contributed by atoms with Crippen molar-refractivity contribution >= 4 is 17.5 Å². The summed E-state index contributed by atoms with van der Waals surface area (Å²) in [7, 11) is 0. The van der Waals surface area contributed by atoms with Gasteiger partial charge in [-0.1, -0.05) is 46.5 Å². The van der Waals surface area contributed by atoms with Crippen LogP contribution in [0.2, 0.25) is 0 Å². The smallest absolute Gasteiger partial charge is 0.320 e. The number of carbonyl (C=O) groups is 1. The van der Waals surface area contributed by atoms with Gasteiger partial charge in [0.25, 0.3) is 0 Å². The molecule has 32 heavy (non-hydrogen) atoms. The number of fused-ring (bicyclic) bond motifs is 1. The lowest BCUT2D eigenvalue weighted by atomic mass is 9.91. The Morgan fingerprint density at radius 3 is 2.59 bits per heavy atom. The maximum Gasteiger partial charge on any atom is 0.320 e. The molecule has 2 aliphatic heterocycles. The van der Waals surface area contributed by atoms with E-state index < -0.39 is 0 Å². The minimum atomic E-state index is 0.0699. The van der Waals surface area contributed by atoms with Crippen LogP contribution in [0.3, 0.4) is 0 Å². The van der Waals surface area contributed by atoms with Crippen molar-refractivity contribution in [2.24, 2.45) is 11.8 Å². The van der Waals surface area contributed by atoms with Crippen LogP contribution in [-0.2, 0) is 11.2 Å². The van der Waals surface area contributed by atoms with Crippen molar-refractivity contribution in [1.82, 2.24) is 14.9 Å². The highest BCUT2D eigenvalue weighted by Crippen LogP contribution is 2.32. The molecule has 0 aliphatic carbocycles. The van der Waals surface area contributed by atoms with Crippen molar-refractivity contribution in [3.05, 3.63) is 5.56 Å². The Labute approximate surface area is 194 Å². The van der Waals surface area contributed by atoms with Gasteiger partial charge in [-0.25, -0.2) is 0 Å². The molecule has 0 spiro atoms. The normalized spacial score (nSPS) is 17.4. The lowest BCUT2D eigenvalue weighted by Gasteiger charge is -2.32. The number of anilines is 2. The van der Waals surface area contributed by atoms with Gasteiger partial charge in [-0.3, -0.25) is 9.69 Å². The number of rotatable bonds is 13. The second-order valence-corrected chi connectivity index (χ2v) is 9.93. The van der Waals surface area contributed by atoms with E-state index in [1.807, 2.05) is 0 Å². The summed E-state index contributed by atoms with van der Waals surface area (Å²) in [6.07, 6.45) is 11.0. The molecule has 0 radical (unpaired) electrons. The standard InChI is InChI=1S/C25H43N5O2/c1-4-5-17-32-25-27-23(26)21-18-22(31)30(24(21)28-25)13-8-6-7-9-20-11-15-29(16-12-20)14-10-19(2)3/h19-20H,4-18H2,1-3H3,(H2,26,27,28). The van der Waals surface area contributed by atoms with E-state index in [0.717, 1.165) is 43.1 Å². The molecule has 180 valence electrons. The minimum absolute atomic E-state index is 0.0699. The van der Waals surface area contributed by atoms with E-state index >= 15 is 0 Å². The highest BCUT2D eigenvalue weighted by molar-refractivity contribution is 6.01. The van der Waals surface area contributed by atoms with Gasteiger partial charge < -0.3 is 15.4 Å². The van der Waals surface area contributed by atoms with Crippen LogP contribution < -0.4 is 15.4 Å². The number of ether oxygens (including phenoxy) is 1. The number of piperidine rings is 1. The number of likely N-dealkylation sites (tertiary alicyclic amines) is 1. The summed E-state index contributed by atoms with van der Waals surface area (Å²) < 4.78 is 5.64. The van der Waals surface area contributed by atoms with Gasteiger partial charge in [0, 0.05) is 12.1 Å². The molecule has 0 bridgehead atoms. The van der Waals surface area contributed by atoms with E-state index in [2.05, 4.69) is 35.6 Å². The van der Waals surface area contributed by atoms with Crippen LogP contribution in [0.25, 0.3) is 0 Å². The van der Waals surface area contributed by atoms with Crippen LogP contribution in [0.4, 0.5) is 11.6 Å². The number of nitrogens with zero attached hydrogens (tertiary/aromatic N) is 4. The number of nitrogen functional groups attached to an aromatic ring is 1. The van der Waals surface area contributed by atoms with E-state index in [0.29, 0.717) is 31.2 Å². The Kier molecular flexibility index (Phi) is 9.57. The van der Waals surface area contributed by atoms with Crippen molar-refractivity contribution in [2.75, 3.05) is 43.4 Å². The van der Waals surface area contributed by atoms with Crippen LogP contribution in [-0.4, -0.2) is 53.6 Å². The molecule has 1 saturated heterocycles. The molecule has 2 aliphatic rings. The fraction of sp³-hybridized carbons (Fsp3) is 0.800. The predicted molar refractivity (Wildman–Crippen MR) is 130 cm³/mol. The second-order valence-electron chi connectivity index (χ2n) is 9.93. The third-order valence-corrected chi connectivity index (χ3v) is 6.83. The van der Waals surface area contributed by atoms with Crippen molar-refractivity contribution in [3.63, 3.8) is 0 Å². The Balaban J connectivity index is 1.38. The van der Waals surface area contributed by atoms with Gasteiger partial charge in [0.1, 0.15) is 11.6 Å². The maximum absolute atomic E-state index is 12.5. The topological polar surface area (TPSA) is 84.6 Å². The van der Waals surface area contributed by atoms with Crippen molar-refractivity contribution in [3.8, 4) is 6.01 Å². The van der Waals surface area contributed by atoms with Gasteiger partial charge in [0.2, 0.25) is 5.91 Å². The van der Waals surface area contributed by atoms with Crippen molar-refractivity contribution in [1.29, 1.82) is 0 Å². The van der Waals surface area contributed by atoms with Crippen LogP contribution in [0.5, 0.6) is 6.01 Å². The zero-order chi connectivity index (χ0) is 22.9. The van der Waals surface area contributed by atoms with Gasteiger partial charge >= 0.3 is 6.01 Å². The molecule has 1 fully saturated rings. The Bertz CT molecular complexity index is 731. The highest BCUT2D eigenvalue weighted by atomic mass is 16.5. The number of amides is 1. The minimum Gasteiger partial charge on any atom is -0.463 e. The molecule has 0 atom stereocenters. The zero-order valence-electron chi connectivity index (χ0n) is 20.4. The first kappa shape index (κ1) is 24.7. The van der Waals surface area contributed by atoms with E-state index in [1.54, 1.807) is 4.90 Å². The third-order valence-electron chi connectivity index (χ3n) is 6.83. The van der Waals surface area contributed by atoms with Gasteiger partial charge in [-0.15, -0.1) is 0 Å². The first-order chi connectivity index (χ1) is 15.5. The van der Waals surface area contributed by atoms with Crippen molar-refractivity contribution < 1.29 is 9.53 Å². The number of unbranched alkanes of at least 4 members (excludes halogenated alkanes) is 3. The van der Waals surface area contributed by atoms with Crippen LogP contribution in [0, 0.1) is 11.8 Å². The molecule has 0 aromatic carbocycles. The third kappa shape index (κ3) is 7.06. The van der Waals surface area contributed by atoms with Gasteiger partial charge in [-0.2, -0.15) is 9.97 Å². The lowest BCUT2D eigenvalue weighted by Crippen LogP contribution is -2.34. The summed E-state index contributed by atoms with van der Waals surface area (Å²) in [6, 6.07) is 0.286. The molecule has 1 amide bonds. The van der Waals surface area contributed by atoms with E-state index in [9.17, 15) is 4.79 Å². The van der Waals surface area contributed by atoms with E-state index in [-0.39, 0.29) is 11.9 Å². The van der Waals surface area contributed by atoms with Crippen molar-refractivity contribution in [2.45, 2.75) is 85.0 Å². The summed E-state index contributed by atoms with van der Waals surface area (Å²) in [5.74, 6) is 2.76. The Morgan fingerprint density at radius 2 is 1.88 bits per heavy atom. The number of hydrogen-bond donors (Lipinski definition) is 1. The predicted octanol–water partition coefficient (Wildman–Crippen LogP) is 4.45. The van der Waals surface area contributed by atoms with Crippen LogP contribution in [0.15, 0.2) is 0 Å². The molecule has 1 aromatic heterocycles. The quantitative estimate of drug-likeness (QED) is 0.452. The van der Waals surface area contributed by atoms with Crippen LogP contribution >= 0.6 is 0 Å². The van der Waals surface area contributed by atoms with Crippen LogP contribution in [0.1, 0.15) is 84.1 Å². The SMILES string of the molecule is CCCCOc1nc(N)c2c(n1)N(CCCCCC1CCN(CCC(C)C)CC1)C(=O)C2. The fourth-order valence-corrected chi connectivity index (χ4v) is 4.65. The maximum atomic E-state index is 12.5. The van der Waals surface area contributed by atoms with Gasteiger partial charge in [0.15, 0.2) is 0 Å². The molecule has 0 unspecified atom stereocenters. The first-order valence-electron chi connectivity index (χ1n) is 12.8. The Morgan fingerprint density at radius 1 is 1.09 bits per heavy atom. The summed E-state index contributed by atoms with van der Waals surface area (Å²) in [6.45, 7) is 11.8. The van der Waals surface area contributed by atoms with Gasteiger partial charge in [0.05, 0.1) is 13.0 Å². The summed E-state index contributed by atoms with van der Waals surface area (Å²) in [4.78, 5) is 25.7. The average molecular weight is 446 g/mol. The molecule has 3 rings (SSSR count). The van der Waals surface area contributed by atoms with E-state index in [4.69, 9.17) is 10.5 Å². The van der Waals surface area contributed by atoms with Gasteiger partial charge in [-0.05, 0) is 63.6 Å². The van der Waals surface area contributed by atoms with E-state index in [1.165, 1.54) is 51.7 Å². The average Bonchev–Trinajstić information content (AvgIpc) is 3.09. The molecule has 7 heteroatoms. The number of hydrogen-bond acceptors (Lipinski definition) is 6. The summed E-state index contributed by atoms with van der Waals surface area (Å²) in [5.41, 5.74) is 6.84. The molecule has 0 saturated carbocycles. The zero-order valence-corrected chi connectivity index (χ0v) is 20.4. The molecule has 2 N–H and O–H groups in total. The monoisotopic (exact) mass is 445 g/mol. The molecular weight excluding hydrogens is 402 g/mol. The Hall–Kier alpha value is -1.89. The molecular formula is C25H43N5O2. The first-order valence-corrected chi connectivity index (χ1v) is 12.8. The number of nitrogens with two attached hydrogens (primary N) is 1.